The Hall–Kier alpha value is -0.240. The smallest absolute Gasteiger partial charge is 0.170 e. The second-order valence-corrected chi connectivity index (χ2v) is 5.96. The van der Waals surface area contributed by atoms with Gasteiger partial charge in [0.05, 0.1) is 19.8 Å². The molecule has 2 N–H and O–H groups in total. The lowest BCUT2D eigenvalue weighted by Gasteiger charge is -2.44. The van der Waals surface area contributed by atoms with Gasteiger partial charge in [-0.3, -0.25) is 4.90 Å². The van der Waals surface area contributed by atoms with Gasteiger partial charge in [0.15, 0.2) is 5.79 Å². The topological polar surface area (TPSA) is 66.2 Å². The monoisotopic (exact) mass is 302 g/mol. The van der Waals surface area contributed by atoms with Crippen LogP contribution in [0.3, 0.4) is 0 Å². The number of rotatable bonds is 8. The van der Waals surface area contributed by atoms with E-state index >= 15 is 0 Å². The van der Waals surface area contributed by atoms with Gasteiger partial charge in [-0.1, -0.05) is 0 Å². The van der Waals surface area contributed by atoms with Crippen molar-refractivity contribution in [3.05, 3.63) is 0 Å². The standard InChI is InChI=1S/C15H30N2O4/c1-18-8-3-6-17(7-9-19-2)14-12-15(5-4-13(14)16)20-10-11-21-15/h13-14H,3-12,16H2,1-2H3. The van der Waals surface area contributed by atoms with Crippen LogP contribution < -0.4 is 5.73 Å². The fraction of sp³-hybridized carbons (Fsp3) is 1.00. The molecule has 1 spiro atoms. The van der Waals surface area contributed by atoms with Crippen LogP contribution in [0.4, 0.5) is 0 Å². The fourth-order valence-corrected chi connectivity index (χ4v) is 3.37. The third-order valence-electron chi connectivity index (χ3n) is 4.53. The normalized spacial score (nSPS) is 28.6. The molecule has 2 rings (SSSR count). The summed E-state index contributed by atoms with van der Waals surface area (Å²) in [4.78, 5) is 2.42. The number of hydrogen-bond acceptors (Lipinski definition) is 6. The van der Waals surface area contributed by atoms with Crippen molar-refractivity contribution in [1.29, 1.82) is 0 Å². The summed E-state index contributed by atoms with van der Waals surface area (Å²) in [5.41, 5.74) is 6.38. The van der Waals surface area contributed by atoms with E-state index in [-0.39, 0.29) is 12.1 Å². The van der Waals surface area contributed by atoms with E-state index in [9.17, 15) is 0 Å². The van der Waals surface area contributed by atoms with Crippen molar-refractivity contribution in [3.63, 3.8) is 0 Å². The summed E-state index contributed by atoms with van der Waals surface area (Å²) < 4.78 is 22.2. The van der Waals surface area contributed by atoms with Crippen LogP contribution in [0.2, 0.25) is 0 Å². The Morgan fingerprint density at radius 2 is 1.86 bits per heavy atom. The van der Waals surface area contributed by atoms with E-state index in [1.807, 2.05) is 0 Å². The lowest BCUT2D eigenvalue weighted by Crippen LogP contribution is -2.57. The predicted molar refractivity (Wildman–Crippen MR) is 80.2 cm³/mol. The third kappa shape index (κ3) is 4.61. The van der Waals surface area contributed by atoms with Crippen LogP contribution in [0, 0.1) is 0 Å². The van der Waals surface area contributed by atoms with E-state index < -0.39 is 5.79 Å². The largest absolute Gasteiger partial charge is 0.385 e. The van der Waals surface area contributed by atoms with Crippen LogP contribution in [-0.4, -0.2) is 76.5 Å². The summed E-state index contributed by atoms with van der Waals surface area (Å²) >= 11 is 0. The predicted octanol–water partition coefficient (Wildman–Crippen LogP) is 0.594. The van der Waals surface area contributed by atoms with Gasteiger partial charge in [-0.2, -0.15) is 0 Å². The van der Waals surface area contributed by atoms with Crippen molar-refractivity contribution in [1.82, 2.24) is 4.90 Å². The summed E-state index contributed by atoms with van der Waals surface area (Å²) in [6, 6.07) is 0.451. The third-order valence-corrected chi connectivity index (χ3v) is 4.53. The first kappa shape index (κ1) is 17.1. The van der Waals surface area contributed by atoms with Crippen molar-refractivity contribution in [2.75, 3.05) is 53.7 Å². The first-order valence-corrected chi connectivity index (χ1v) is 7.96. The quantitative estimate of drug-likeness (QED) is 0.662. The molecule has 0 bridgehead atoms. The second-order valence-electron chi connectivity index (χ2n) is 5.96. The van der Waals surface area contributed by atoms with Gasteiger partial charge in [0.1, 0.15) is 0 Å². The lowest BCUT2D eigenvalue weighted by atomic mass is 9.85. The highest BCUT2D eigenvalue weighted by molar-refractivity contribution is 4.95. The number of methoxy groups -OCH3 is 2. The van der Waals surface area contributed by atoms with Crippen LogP contribution in [0.1, 0.15) is 25.7 Å². The molecule has 0 aromatic carbocycles. The Kier molecular flexibility index (Phi) is 6.85. The Bertz CT molecular complexity index is 297. The van der Waals surface area contributed by atoms with Crippen molar-refractivity contribution in [3.8, 4) is 0 Å². The van der Waals surface area contributed by atoms with Gasteiger partial charge in [0.2, 0.25) is 0 Å². The van der Waals surface area contributed by atoms with E-state index in [1.165, 1.54) is 0 Å². The molecule has 1 saturated carbocycles. The maximum atomic E-state index is 6.38. The van der Waals surface area contributed by atoms with Gasteiger partial charge in [0, 0.05) is 58.8 Å². The van der Waals surface area contributed by atoms with Crippen molar-refractivity contribution in [2.45, 2.75) is 43.6 Å². The number of nitrogens with two attached hydrogens (primary N) is 1. The fourth-order valence-electron chi connectivity index (χ4n) is 3.37. The summed E-state index contributed by atoms with van der Waals surface area (Å²) in [5, 5.41) is 0. The van der Waals surface area contributed by atoms with Gasteiger partial charge >= 0.3 is 0 Å². The molecular weight excluding hydrogens is 272 g/mol. The van der Waals surface area contributed by atoms with E-state index in [2.05, 4.69) is 4.90 Å². The highest BCUT2D eigenvalue weighted by atomic mass is 16.7. The molecule has 6 nitrogen and oxygen atoms in total. The van der Waals surface area contributed by atoms with Crippen molar-refractivity contribution in [2.24, 2.45) is 5.73 Å². The molecule has 2 fully saturated rings. The van der Waals surface area contributed by atoms with Crippen LogP contribution in [0.5, 0.6) is 0 Å². The molecule has 1 saturated heterocycles. The molecule has 1 aliphatic carbocycles. The Balaban J connectivity index is 1.96. The summed E-state index contributed by atoms with van der Waals surface area (Å²) in [6.07, 6.45) is 3.70. The number of nitrogens with zero attached hydrogens (tertiary/aromatic N) is 1. The zero-order chi connectivity index (χ0) is 15.1. The van der Waals surface area contributed by atoms with Gasteiger partial charge in [-0.25, -0.2) is 0 Å². The minimum Gasteiger partial charge on any atom is -0.385 e. The molecule has 2 unspecified atom stereocenters. The molecule has 0 radical (unpaired) electrons. The van der Waals surface area contributed by atoms with Crippen molar-refractivity contribution < 1.29 is 18.9 Å². The van der Waals surface area contributed by atoms with E-state index in [1.54, 1.807) is 14.2 Å². The number of hydrogen-bond donors (Lipinski definition) is 1. The van der Waals surface area contributed by atoms with Crippen LogP contribution in [0.15, 0.2) is 0 Å². The Morgan fingerprint density at radius 3 is 2.52 bits per heavy atom. The van der Waals surface area contributed by atoms with E-state index in [0.29, 0.717) is 19.8 Å². The highest BCUT2D eigenvalue weighted by Gasteiger charge is 2.45. The van der Waals surface area contributed by atoms with Crippen LogP contribution in [0.25, 0.3) is 0 Å². The summed E-state index contributed by atoms with van der Waals surface area (Å²) in [6.45, 7) is 4.72. The molecule has 0 amide bonds. The minimum atomic E-state index is -0.396. The van der Waals surface area contributed by atoms with Crippen LogP contribution in [-0.2, 0) is 18.9 Å². The average molecular weight is 302 g/mol. The van der Waals surface area contributed by atoms with Gasteiger partial charge in [-0.15, -0.1) is 0 Å². The zero-order valence-corrected chi connectivity index (χ0v) is 13.4. The highest BCUT2D eigenvalue weighted by Crippen LogP contribution is 2.37. The van der Waals surface area contributed by atoms with E-state index in [0.717, 1.165) is 45.4 Å². The summed E-state index contributed by atoms with van der Waals surface area (Å²) in [5.74, 6) is -0.396. The Labute approximate surface area is 127 Å². The zero-order valence-electron chi connectivity index (χ0n) is 13.4. The van der Waals surface area contributed by atoms with E-state index in [4.69, 9.17) is 24.7 Å². The van der Waals surface area contributed by atoms with Gasteiger partial charge in [0.25, 0.3) is 0 Å². The molecule has 21 heavy (non-hydrogen) atoms. The first-order chi connectivity index (χ1) is 10.2. The molecule has 6 heteroatoms. The maximum Gasteiger partial charge on any atom is 0.170 e. The molecule has 0 aromatic heterocycles. The molecule has 0 aromatic rings. The molecule has 2 atom stereocenters. The van der Waals surface area contributed by atoms with Gasteiger partial charge in [-0.05, 0) is 12.8 Å². The number of ether oxygens (including phenoxy) is 4. The first-order valence-electron chi connectivity index (χ1n) is 7.96. The molecular formula is C15H30N2O4. The van der Waals surface area contributed by atoms with Crippen LogP contribution >= 0.6 is 0 Å². The summed E-state index contributed by atoms with van der Waals surface area (Å²) in [7, 11) is 3.47. The molecule has 1 heterocycles. The molecule has 2 aliphatic rings. The average Bonchev–Trinajstić information content (AvgIpc) is 2.94. The second kappa shape index (κ2) is 8.41. The molecule has 1 aliphatic heterocycles. The SMILES string of the molecule is COCCCN(CCOC)C1CC2(CCC1N)OCCO2. The van der Waals surface area contributed by atoms with Gasteiger partial charge < -0.3 is 24.7 Å². The molecule has 124 valence electrons. The Morgan fingerprint density at radius 1 is 1.14 bits per heavy atom. The van der Waals surface area contributed by atoms with Crippen molar-refractivity contribution >= 4 is 0 Å². The maximum absolute atomic E-state index is 6.38. The lowest BCUT2D eigenvalue weighted by molar-refractivity contribution is -0.192. The minimum absolute atomic E-state index is 0.169.